The van der Waals surface area contributed by atoms with E-state index < -0.39 is 5.91 Å². The van der Waals surface area contributed by atoms with Crippen LogP contribution in [-0.4, -0.2) is 49.6 Å². The molecule has 1 aliphatic rings. The number of benzene rings is 2. The van der Waals surface area contributed by atoms with Crippen LogP contribution in [0.2, 0.25) is 0 Å². The summed E-state index contributed by atoms with van der Waals surface area (Å²) in [4.78, 5) is 26.5. The first-order chi connectivity index (χ1) is 15.4. The highest BCUT2D eigenvalue weighted by molar-refractivity contribution is 9.10. The Morgan fingerprint density at radius 3 is 2.50 bits per heavy atom. The van der Waals surface area contributed by atoms with Gasteiger partial charge in [-0.25, -0.2) is 0 Å². The average Bonchev–Trinajstić information content (AvgIpc) is 2.76. The molecule has 2 aromatic rings. The molecule has 3 rings (SSSR count). The van der Waals surface area contributed by atoms with Crippen LogP contribution in [0.3, 0.4) is 0 Å². The summed E-state index contributed by atoms with van der Waals surface area (Å²) in [6.07, 6.45) is 1.51. The molecule has 0 atom stereocenters. The lowest BCUT2D eigenvalue weighted by Crippen LogP contribution is -2.43. The molecule has 0 spiro atoms. The van der Waals surface area contributed by atoms with Crippen LogP contribution in [0.1, 0.15) is 16.7 Å². The van der Waals surface area contributed by atoms with E-state index in [0.29, 0.717) is 47.8 Å². The van der Waals surface area contributed by atoms with Crippen molar-refractivity contribution in [3.05, 3.63) is 63.1 Å². The summed E-state index contributed by atoms with van der Waals surface area (Å²) >= 11 is 3.43. The zero-order valence-corrected chi connectivity index (χ0v) is 19.6. The number of carbonyl (C=O) groups is 2. The second-order valence-corrected chi connectivity index (χ2v) is 8.33. The molecule has 0 radical (unpaired) electrons. The molecule has 1 fully saturated rings. The molecule has 7 nitrogen and oxygen atoms in total. The fourth-order valence-electron chi connectivity index (χ4n) is 3.33. The maximum absolute atomic E-state index is 12.6. The molecule has 2 amide bonds. The van der Waals surface area contributed by atoms with E-state index in [4.69, 9.17) is 9.47 Å². The zero-order valence-electron chi connectivity index (χ0n) is 18.0. The van der Waals surface area contributed by atoms with Gasteiger partial charge in [0.25, 0.3) is 11.8 Å². The van der Waals surface area contributed by atoms with Crippen LogP contribution >= 0.6 is 15.9 Å². The summed E-state index contributed by atoms with van der Waals surface area (Å²) in [6, 6.07) is 12.8. The van der Waals surface area contributed by atoms with Crippen LogP contribution in [0, 0.1) is 25.2 Å². The number of aryl methyl sites for hydroxylation is 2. The molecule has 1 N–H and O–H groups in total. The van der Waals surface area contributed by atoms with Crippen molar-refractivity contribution in [3.63, 3.8) is 0 Å². The predicted molar refractivity (Wildman–Crippen MR) is 125 cm³/mol. The lowest BCUT2D eigenvalue weighted by molar-refractivity contribution is -0.137. The Bertz CT molecular complexity index is 1060. The number of amides is 2. The fourth-order valence-corrected chi connectivity index (χ4v) is 3.84. The minimum Gasteiger partial charge on any atom is -0.483 e. The molecular weight excluding hydrogens is 474 g/mol. The normalized spacial score (nSPS) is 13.9. The third-order valence-corrected chi connectivity index (χ3v) is 5.45. The van der Waals surface area contributed by atoms with Crippen LogP contribution < -0.4 is 10.1 Å². The number of carbonyl (C=O) groups excluding carboxylic acids is 2. The van der Waals surface area contributed by atoms with Gasteiger partial charge in [-0.05, 0) is 76.8 Å². The first kappa shape index (κ1) is 23.5. The lowest BCUT2D eigenvalue weighted by atomic mass is 10.1. The number of rotatable bonds is 6. The monoisotopic (exact) mass is 497 g/mol. The van der Waals surface area contributed by atoms with Crippen molar-refractivity contribution in [3.8, 4) is 11.8 Å². The third kappa shape index (κ3) is 6.42. The number of nitriles is 1. The maximum Gasteiger partial charge on any atom is 0.266 e. The Hall–Kier alpha value is -3.15. The fraction of sp³-hybridized carbons (Fsp3) is 0.292. The predicted octanol–water partition coefficient (Wildman–Crippen LogP) is 3.85. The van der Waals surface area contributed by atoms with Gasteiger partial charge in [-0.1, -0.05) is 12.1 Å². The smallest absolute Gasteiger partial charge is 0.266 e. The van der Waals surface area contributed by atoms with E-state index in [1.54, 1.807) is 23.1 Å². The Balaban J connectivity index is 1.66. The van der Waals surface area contributed by atoms with E-state index in [2.05, 4.69) is 21.2 Å². The second-order valence-electron chi connectivity index (χ2n) is 7.47. The topological polar surface area (TPSA) is 91.7 Å². The quantitative estimate of drug-likeness (QED) is 0.483. The van der Waals surface area contributed by atoms with E-state index in [1.807, 2.05) is 38.1 Å². The number of morpholine rings is 1. The molecule has 0 aliphatic carbocycles. The summed E-state index contributed by atoms with van der Waals surface area (Å²) < 4.78 is 11.5. The van der Waals surface area contributed by atoms with Crippen molar-refractivity contribution in [1.29, 1.82) is 5.26 Å². The highest BCUT2D eigenvalue weighted by atomic mass is 79.9. The van der Waals surface area contributed by atoms with Crippen LogP contribution in [0.25, 0.3) is 6.08 Å². The van der Waals surface area contributed by atoms with Crippen LogP contribution in [0.4, 0.5) is 5.69 Å². The standard InChI is InChI=1S/C24H24BrN3O4/c1-16-9-17(2)11-20(10-16)27-24(30)19(14-26)12-18-3-4-22(21(25)13-18)32-15-23(29)28-5-7-31-8-6-28/h3-4,9-13H,5-8,15H2,1-2H3,(H,27,30)/b19-12-. The van der Waals surface area contributed by atoms with Crippen LogP contribution in [-0.2, 0) is 14.3 Å². The van der Waals surface area contributed by atoms with E-state index in [9.17, 15) is 14.9 Å². The summed E-state index contributed by atoms with van der Waals surface area (Å²) in [5.74, 6) is -0.0778. The molecule has 1 heterocycles. The van der Waals surface area contributed by atoms with Crippen LogP contribution in [0.5, 0.6) is 5.75 Å². The number of hydrogen-bond acceptors (Lipinski definition) is 5. The highest BCUT2D eigenvalue weighted by Gasteiger charge is 2.18. The van der Waals surface area contributed by atoms with Crippen molar-refractivity contribution in [1.82, 2.24) is 4.90 Å². The Morgan fingerprint density at radius 2 is 1.88 bits per heavy atom. The minimum atomic E-state index is -0.481. The summed E-state index contributed by atoms with van der Waals surface area (Å²) in [5, 5.41) is 12.2. The number of nitrogens with one attached hydrogen (secondary N) is 1. The largest absolute Gasteiger partial charge is 0.483 e. The van der Waals surface area contributed by atoms with Gasteiger partial charge in [0.05, 0.1) is 17.7 Å². The first-order valence-electron chi connectivity index (χ1n) is 10.1. The van der Waals surface area contributed by atoms with Gasteiger partial charge in [0, 0.05) is 18.8 Å². The first-order valence-corrected chi connectivity index (χ1v) is 10.9. The van der Waals surface area contributed by atoms with Crippen molar-refractivity contribution in [2.75, 3.05) is 38.2 Å². The summed E-state index contributed by atoms with van der Waals surface area (Å²) in [6.45, 7) is 6.01. The Labute approximate surface area is 195 Å². The van der Waals surface area contributed by atoms with Crippen molar-refractivity contribution in [2.45, 2.75) is 13.8 Å². The molecule has 0 saturated carbocycles. The minimum absolute atomic E-state index is 0.0211. The molecule has 32 heavy (non-hydrogen) atoms. The molecule has 0 bridgehead atoms. The van der Waals surface area contributed by atoms with Crippen molar-refractivity contribution < 1.29 is 19.1 Å². The molecule has 0 aromatic heterocycles. The molecular formula is C24H24BrN3O4. The summed E-state index contributed by atoms with van der Waals surface area (Å²) in [7, 11) is 0. The molecule has 166 valence electrons. The molecule has 0 unspecified atom stereocenters. The van der Waals surface area contributed by atoms with Crippen LogP contribution in [0.15, 0.2) is 46.4 Å². The van der Waals surface area contributed by atoms with Gasteiger partial charge in [-0.3, -0.25) is 9.59 Å². The molecule has 8 heteroatoms. The number of nitrogens with zero attached hydrogens (tertiary/aromatic N) is 2. The van der Waals surface area contributed by atoms with Gasteiger partial charge in [0.2, 0.25) is 0 Å². The number of halogens is 1. The van der Waals surface area contributed by atoms with E-state index in [0.717, 1.165) is 11.1 Å². The zero-order chi connectivity index (χ0) is 23.1. The maximum atomic E-state index is 12.6. The van der Waals surface area contributed by atoms with Gasteiger partial charge in [0.1, 0.15) is 17.4 Å². The van der Waals surface area contributed by atoms with E-state index in [1.165, 1.54) is 6.08 Å². The van der Waals surface area contributed by atoms with Gasteiger partial charge >= 0.3 is 0 Å². The Kier molecular flexibility index (Phi) is 8.03. The van der Waals surface area contributed by atoms with Crippen molar-refractivity contribution >= 4 is 39.5 Å². The van der Waals surface area contributed by atoms with Gasteiger partial charge in [0.15, 0.2) is 6.61 Å². The summed E-state index contributed by atoms with van der Waals surface area (Å²) in [5.41, 5.74) is 3.32. The lowest BCUT2D eigenvalue weighted by Gasteiger charge is -2.26. The third-order valence-electron chi connectivity index (χ3n) is 4.83. The number of anilines is 1. The highest BCUT2D eigenvalue weighted by Crippen LogP contribution is 2.27. The van der Waals surface area contributed by atoms with E-state index >= 15 is 0 Å². The molecule has 2 aromatic carbocycles. The Morgan fingerprint density at radius 1 is 1.19 bits per heavy atom. The van der Waals surface area contributed by atoms with E-state index in [-0.39, 0.29) is 18.1 Å². The van der Waals surface area contributed by atoms with Crippen molar-refractivity contribution in [2.24, 2.45) is 0 Å². The molecule has 1 saturated heterocycles. The van der Waals surface area contributed by atoms with Gasteiger partial charge in [-0.2, -0.15) is 5.26 Å². The SMILES string of the molecule is Cc1cc(C)cc(NC(=O)/C(C#N)=C\c2ccc(OCC(=O)N3CCOCC3)c(Br)c2)c1. The van der Waals surface area contributed by atoms with Gasteiger partial charge < -0.3 is 19.7 Å². The van der Waals surface area contributed by atoms with Gasteiger partial charge in [-0.15, -0.1) is 0 Å². The average molecular weight is 498 g/mol. The second kappa shape index (κ2) is 10.9. The molecule has 1 aliphatic heterocycles. The number of hydrogen-bond donors (Lipinski definition) is 1. The number of ether oxygens (including phenoxy) is 2.